The fraction of sp³-hybridized carbons (Fsp3) is 1.00. The van der Waals surface area contributed by atoms with E-state index < -0.39 is 0 Å². The molecule has 0 spiro atoms. The fourth-order valence-corrected chi connectivity index (χ4v) is 6.07. The Balaban J connectivity index is 1.60. The van der Waals surface area contributed by atoms with Crippen molar-refractivity contribution in [3.05, 3.63) is 0 Å². The van der Waals surface area contributed by atoms with E-state index >= 15 is 0 Å². The Morgan fingerprint density at radius 3 is 1.43 bits per heavy atom. The Bertz CT molecular complexity index is 139. The van der Waals surface area contributed by atoms with Crippen LogP contribution in [0.25, 0.3) is 0 Å². The Morgan fingerprint density at radius 1 is 0.714 bits per heavy atom. The second-order valence-corrected chi connectivity index (χ2v) is 8.54. The molecule has 2 heterocycles. The van der Waals surface area contributed by atoms with Crippen LogP contribution >= 0.6 is 47.0 Å². The number of hydrogen-bond donors (Lipinski definition) is 2. The van der Waals surface area contributed by atoms with E-state index in [0.717, 1.165) is 32.7 Å². The molecule has 0 unspecified atom stereocenters. The first-order valence-corrected chi connectivity index (χ1v) is 9.02. The zero-order valence-corrected chi connectivity index (χ0v) is 11.3. The Hall–Kier alpha value is 1.32. The van der Waals surface area contributed by atoms with E-state index in [1.165, 1.54) is 12.8 Å². The molecule has 14 heavy (non-hydrogen) atoms. The highest BCUT2D eigenvalue weighted by molar-refractivity contribution is 8.18. The van der Waals surface area contributed by atoms with Gasteiger partial charge in [0.25, 0.3) is 0 Å². The zero-order chi connectivity index (χ0) is 9.64. The van der Waals surface area contributed by atoms with Gasteiger partial charge in [0.1, 0.15) is 0 Å². The minimum Gasteiger partial charge on any atom is -0.299 e. The van der Waals surface area contributed by atoms with E-state index in [4.69, 9.17) is 0 Å². The normalized spacial score (nSPS) is 26.6. The van der Waals surface area contributed by atoms with E-state index in [-0.39, 0.29) is 0 Å². The van der Waals surface area contributed by atoms with Gasteiger partial charge in [-0.2, -0.15) is 0 Å². The third kappa shape index (κ3) is 4.06. The minimum atomic E-state index is 0.840. The topological polar surface area (TPSA) is 24.1 Å². The van der Waals surface area contributed by atoms with Crippen LogP contribution in [0.15, 0.2) is 0 Å². The van der Waals surface area contributed by atoms with Crippen LogP contribution in [0.1, 0.15) is 12.8 Å². The van der Waals surface area contributed by atoms with Crippen LogP contribution in [0.4, 0.5) is 0 Å². The summed E-state index contributed by atoms with van der Waals surface area (Å²) in [6.07, 6.45) is 2.75. The summed E-state index contributed by atoms with van der Waals surface area (Å²) in [5.41, 5.74) is 0. The molecular formula is C8H16N2S4. The SMILES string of the molecule is C1NCSC(CCC2SCNCS2)S1. The molecular weight excluding hydrogens is 252 g/mol. The molecule has 2 aliphatic heterocycles. The lowest BCUT2D eigenvalue weighted by atomic mass is 10.4. The summed E-state index contributed by atoms with van der Waals surface area (Å²) >= 11 is 8.28. The van der Waals surface area contributed by atoms with Gasteiger partial charge in [0.05, 0.1) is 9.16 Å². The van der Waals surface area contributed by atoms with Gasteiger partial charge in [-0.15, -0.1) is 47.0 Å². The number of thioether (sulfide) groups is 4. The van der Waals surface area contributed by atoms with E-state index in [9.17, 15) is 0 Å². The predicted octanol–water partition coefficient (Wildman–Crippen LogP) is 2.39. The highest BCUT2D eigenvalue weighted by atomic mass is 32.2. The van der Waals surface area contributed by atoms with Crippen LogP contribution < -0.4 is 10.6 Å². The number of rotatable bonds is 3. The van der Waals surface area contributed by atoms with Crippen molar-refractivity contribution in [2.45, 2.75) is 22.0 Å². The van der Waals surface area contributed by atoms with Crippen LogP contribution in [0.5, 0.6) is 0 Å². The van der Waals surface area contributed by atoms with Crippen LogP contribution in [-0.4, -0.2) is 32.7 Å². The van der Waals surface area contributed by atoms with Crippen LogP contribution in [0, 0.1) is 0 Å². The summed E-state index contributed by atoms with van der Waals surface area (Å²) in [5.74, 6) is 4.57. The lowest BCUT2D eigenvalue weighted by Crippen LogP contribution is -2.24. The summed E-state index contributed by atoms with van der Waals surface area (Å²) < 4.78 is 1.68. The Morgan fingerprint density at radius 2 is 1.07 bits per heavy atom. The number of hydrogen-bond acceptors (Lipinski definition) is 6. The van der Waals surface area contributed by atoms with Crippen LogP contribution in [-0.2, 0) is 0 Å². The van der Waals surface area contributed by atoms with Crippen molar-refractivity contribution in [1.29, 1.82) is 0 Å². The van der Waals surface area contributed by atoms with Crippen LogP contribution in [0.2, 0.25) is 0 Å². The molecule has 0 amide bonds. The molecule has 0 aromatic heterocycles. The zero-order valence-electron chi connectivity index (χ0n) is 8.03. The van der Waals surface area contributed by atoms with Crippen molar-refractivity contribution < 1.29 is 0 Å². The second-order valence-electron chi connectivity index (χ2n) is 3.18. The summed E-state index contributed by atoms with van der Waals surface area (Å²) in [7, 11) is 0. The summed E-state index contributed by atoms with van der Waals surface area (Å²) in [6.45, 7) is 0. The molecule has 6 heteroatoms. The van der Waals surface area contributed by atoms with Crippen molar-refractivity contribution in [1.82, 2.24) is 10.6 Å². The largest absolute Gasteiger partial charge is 0.299 e. The molecule has 0 saturated carbocycles. The molecule has 0 aromatic rings. The summed E-state index contributed by atoms with van der Waals surface area (Å²) in [5, 5.41) is 6.72. The van der Waals surface area contributed by atoms with E-state index in [1.807, 2.05) is 0 Å². The van der Waals surface area contributed by atoms with Crippen molar-refractivity contribution in [3.8, 4) is 0 Å². The average Bonchev–Trinajstić information content (AvgIpc) is 2.29. The molecule has 0 aliphatic carbocycles. The minimum absolute atomic E-state index is 0.840. The Labute approximate surface area is 103 Å². The van der Waals surface area contributed by atoms with Gasteiger partial charge in [-0.25, -0.2) is 0 Å². The summed E-state index contributed by atoms with van der Waals surface area (Å²) in [6, 6.07) is 0. The van der Waals surface area contributed by atoms with Gasteiger partial charge in [0.2, 0.25) is 0 Å². The van der Waals surface area contributed by atoms with Crippen molar-refractivity contribution in [2.75, 3.05) is 23.5 Å². The highest BCUT2D eigenvalue weighted by Crippen LogP contribution is 2.35. The fourth-order valence-electron chi connectivity index (χ4n) is 1.39. The molecule has 82 valence electrons. The molecule has 0 aromatic carbocycles. The molecule has 0 bridgehead atoms. The maximum Gasteiger partial charge on any atom is 0.0528 e. The predicted molar refractivity (Wildman–Crippen MR) is 72.9 cm³/mol. The maximum absolute atomic E-state index is 3.36. The molecule has 2 N–H and O–H groups in total. The quantitative estimate of drug-likeness (QED) is 0.815. The molecule has 0 atom stereocenters. The van der Waals surface area contributed by atoms with Crippen molar-refractivity contribution >= 4 is 47.0 Å². The smallest absolute Gasteiger partial charge is 0.0528 e. The van der Waals surface area contributed by atoms with Gasteiger partial charge in [0.15, 0.2) is 0 Å². The van der Waals surface area contributed by atoms with Gasteiger partial charge in [-0.05, 0) is 12.8 Å². The lowest BCUT2D eigenvalue weighted by molar-refractivity contribution is 0.823. The van der Waals surface area contributed by atoms with Gasteiger partial charge in [-0.3, -0.25) is 10.6 Å². The van der Waals surface area contributed by atoms with E-state index in [0.29, 0.717) is 0 Å². The second kappa shape index (κ2) is 6.81. The highest BCUT2D eigenvalue weighted by Gasteiger charge is 2.18. The molecule has 2 fully saturated rings. The molecule has 0 radical (unpaired) electrons. The molecule has 2 rings (SSSR count). The average molecular weight is 268 g/mol. The lowest BCUT2D eigenvalue weighted by Gasteiger charge is -2.25. The molecule has 2 nitrogen and oxygen atoms in total. The van der Waals surface area contributed by atoms with E-state index in [2.05, 4.69) is 57.7 Å². The first kappa shape index (κ1) is 11.8. The van der Waals surface area contributed by atoms with Gasteiger partial charge < -0.3 is 0 Å². The Kier molecular flexibility index (Phi) is 5.73. The van der Waals surface area contributed by atoms with Crippen molar-refractivity contribution in [2.24, 2.45) is 0 Å². The van der Waals surface area contributed by atoms with Gasteiger partial charge >= 0.3 is 0 Å². The van der Waals surface area contributed by atoms with E-state index in [1.54, 1.807) is 0 Å². The van der Waals surface area contributed by atoms with Crippen molar-refractivity contribution in [3.63, 3.8) is 0 Å². The first-order valence-electron chi connectivity index (χ1n) is 4.83. The molecule has 2 saturated heterocycles. The first-order chi connectivity index (χ1) is 6.95. The monoisotopic (exact) mass is 268 g/mol. The van der Waals surface area contributed by atoms with Gasteiger partial charge in [-0.1, -0.05) is 0 Å². The standard InChI is InChI=1S/C8H16N2S4/c1(7-11-3-9-4-12-7)2-8-13-5-10-6-14-8/h7-10H,1-6H2. The summed E-state index contributed by atoms with van der Waals surface area (Å²) in [4.78, 5) is 0. The van der Waals surface area contributed by atoms with Crippen LogP contribution in [0.3, 0.4) is 0 Å². The molecule has 2 aliphatic rings. The third-order valence-electron chi connectivity index (χ3n) is 2.12. The third-order valence-corrected chi connectivity index (χ3v) is 7.67. The maximum atomic E-state index is 3.36. The van der Waals surface area contributed by atoms with Gasteiger partial charge in [0, 0.05) is 23.5 Å². The number of nitrogens with one attached hydrogen (secondary N) is 2.